The summed E-state index contributed by atoms with van der Waals surface area (Å²) in [4.78, 5) is 0. The van der Waals surface area contributed by atoms with Gasteiger partial charge in [0, 0.05) is 12.0 Å². The molecule has 1 aliphatic heterocycles. The standard InChI is InChI=1S/C24H24FNO2/c25-22-9-5-4-8-21(22)16-26-13-12-20(14-18-6-2-1-3-7-18)19-10-11-23-24(15-19)28-17-27-23/h1-11,15,20,26H,12-14,16-17H2/p+1/t20-/m1/s1. The van der Waals surface area contributed by atoms with Crippen LogP contribution in [0.2, 0.25) is 0 Å². The van der Waals surface area contributed by atoms with Crippen molar-refractivity contribution in [2.75, 3.05) is 13.3 Å². The Kier molecular flexibility index (Phi) is 5.88. The Labute approximate surface area is 165 Å². The van der Waals surface area contributed by atoms with Gasteiger partial charge in [0.2, 0.25) is 6.79 Å². The van der Waals surface area contributed by atoms with Crippen molar-refractivity contribution in [2.45, 2.75) is 25.3 Å². The van der Waals surface area contributed by atoms with E-state index in [4.69, 9.17) is 9.47 Å². The summed E-state index contributed by atoms with van der Waals surface area (Å²) in [6.07, 6.45) is 1.97. The summed E-state index contributed by atoms with van der Waals surface area (Å²) < 4.78 is 24.8. The summed E-state index contributed by atoms with van der Waals surface area (Å²) in [6.45, 7) is 1.88. The zero-order valence-corrected chi connectivity index (χ0v) is 15.8. The number of ether oxygens (including phenoxy) is 2. The Balaban J connectivity index is 1.43. The number of halogens is 1. The molecule has 0 amide bonds. The average molecular weight is 378 g/mol. The molecule has 1 aliphatic rings. The Morgan fingerprint density at radius 3 is 2.54 bits per heavy atom. The van der Waals surface area contributed by atoms with E-state index >= 15 is 0 Å². The van der Waals surface area contributed by atoms with Crippen LogP contribution in [-0.2, 0) is 13.0 Å². The van der Waals surface area contributed by atoms with Crippen LogP contribution >= 0.6 is 0 Å². The summed E-state index contributed by atoms with van der Waals surface area (Å²) in [7, 11) is 0. The lowest BCUT2D eigenvalue weighted by Crippen LogP contribution is -2.82. The Morgan fingerprint density at radius 1 is 0.893 bits per heavy atom. The van der Waals surface area contributed by atoms with Crippen molar-refractivity contribution in [3.63, 3.8) is 0 Å². The predicted octanol–water partition coefficient (Wildman–Crippen LogP) is 4.03. The molecule has 3 aromatic carbocycles. The van der Waals surface area contributed by atoms with Gasteiger partial charge in [-0.15, -0.1) is 0 Å². The third kappa shape index (κ3) is 4.52. The molecule has 3 nitrogen and oxygen atoms in total. The fourth-order valence-corrected chi connectivity index (χ4v) is 3.69. The largest absolute Gasteiger partial charge is 0.454 e. The van der Waals surface area contributed by atoms with Gasteiger partial charge >= 0.3 is 0 Å². The number of hydrogen-bond donors (Lipinski definition) is 1. The van der Waals surface area contributed by atoms with Crippen LogP contribution in [0.1, 0.15) is 29.0 Å². The molecule has 1 heterocycles. The maximum Gasteiger partial charge on any atom is 0.231 e. The van der Waals surface area contributed by atoms with Crippen LogP contribution in [0.15, 0.2) is 72.8 Å². The number of fused-ring (bicyclic) bond motifs is 1. The van der Waals surface area contributed by atoms with Gasteiger partial charge in [0.15, 0.2) is 11.5 Å². The van der Waals surface area contributed by atoms with Gasteiger partial charge in [0.25, 0.3) is 0 Å². The van der Waals surface area contributed by atoms with E-state index in [2.05, 4.69) is 41.7 Å². The topological polar surface area (TPSA) is 35.1 Å². The monoisotopic (exact) mass is 378 g/mol. The van der Waals surface area contributed by atoms with Gasteiger partial charge in [-0.1, -0.05) is 54.6 Å². The zero-order valence-electron chi connectivity index (χ0n) is 15.8. The first-order valence-corrected chi connectivity index (χ1v) is 9.78. The summed E-state index contributed by atoms with van der Waals surface area (Å²) >= 11 is 0. The minimum Gasteiger partial charge on any atom is -0.454 e. The number of hydrogen-bond acceptors (Lipinski definition) is 2. The second-order valence-corrected chi connectivity index (χ2v) is 7.16. The molecular weight excluding hydrogens is 353 g/mol. The Morgan fingerprint density at radius 2 is 1.68 bits per heavy atom. The van der Waals surface area contributed by atoms with E-state index in [1.807, 2.05) is 24.3 Å². The fraction of sp³-hybridized carbons (Fsp3) is 0.250. The summed E-state index contributed by atoms with van der Waals surface area (Å²) in [6, 6.07) is 23.8. The molecule has 0 spiro atoms. The molecule has 28 heavy (non-hydrogen) atoms. The van der Waals surface area contributed by atoms with E-state index in [1.54, 1.807) is 6.07 Å². The van der Waals surface area contributed by atoms with Crippen molar-refractivity contribution < 1.29 is 19.2 Å². The molecule has 0 saturated heterocycles. The van der Waals surface area contributed by atoms with Crippen molar-refractivity contribution in [3.8, 4) is 11.5 Å². The lowest BCUT2D eigenvalue weighted by molar-refractivity contribution is -0.671. The van der Waals surface area contributed by atoms with Crippen LogP contribution in [0.3, 0.4) is 0 Å². The fourth-order valence-electron chi connectivity index (χ4n) is 3.69. The van der Waals surface area contributed by atoms with E-state index in [1.165, 1.54) is 17.2 Å². The molecule has 144 valence electrons. The maximum atomic E-state index is 13.8. The van der Waals surface area contributed by atoms with Crippen LogP contribution in [0.5, 0.6) is 11.5 Å². The minimum atomic E-state index is -0.129. The molecule has 0 bridgehead atoms. The lowest BCUT2D eigenvalue weighted by Gasteiger charge is -2.17. The van der Waals surface area contributed by atoms with Gasteiger partial charge in [-0.2, -0.15) is 0 Å². The maximum absolute atomic E-state index is 13.8. The van der Waals surface area contributed by atoms with Crippen molar-refractivity contribution >= 4 is 0 Å². The normalized spacial score (nSPS) is 13.5. The number of rotatable bonds is 8. The SMILES string of the molecule is Fc1ccccc1C[NH2+]CC[C@H](Cc1ccccc1)c1ccc2c(c1)OCO2. The van der Waals surface area contributed by atoms with E-state index in [0.29, 0.717) is 19.3 Å². The third-order valence-corrected chi connectivity index (χ3v) is 5.23. The number of benzene rings is 3. The molecule has 1 atom stereocenters. The molecule has 4 heteroatoms. The molecule has 0 unspecified atom stereocenters. The van der Waals surface area contributed by atoms with Gasteiger partial charge < -0.3 is 14.8 Å². The van der Waals surface area contributed by atoms with Crippen molar-refractivity contribution in [2.24, 2.45) is 0 Å². The van der Waals surface area contributed by atoms with Crippen LogP contribution < -0.4 is 14.8 Å². The van der Waals surface area contributed by atoms with Crippen LogP contribution in [0, 0.1) is 5.82 Å². The number of nitrogens with two attached hydrogens (primary N) is 1. The summed E-state index contributed by atoms with van der Waals surface area (Å²) in [5.74, 6) is 1.88. The van der Waals surface area contributed by atoms with E-state index in [-0.39, 0.29) is 5.82 Å². The average Bonchev–Trinajstić information content (AvgIpc) is 3.20. The van der Waals surface area contributed by atoms with Crippen molar-refractivity contribution in [1.82, 2.24) is 0 Å². The first-order chi connectivity index (χ1) is 13.8. The molecule has 4 rings (SSSR count). The molecule has 3 aromatic rings. The van der Waals surface area contributed by atoms with Gasteiger partial charge in [-0.3, -0.25) is 0 Å². The summed E-state index contributed by atoms with van der Waals surface area (Å²) in [5.41, 5.74) is 3.33. The first-order valence-electron chi connectivity index (χ1n) is 9.78. The highest BCUT2D eigenvalue weighted by Crippen LogP contribution is 2.36. The van der Waals surface area contributed by atoms with Gasteiger partial charge in [0.05, 0.1) is 6.54 Å². The molecular formula is C24H25FNO2+. The highest BCUT2D eigenvalue weighted by atomic mass is 19.1. The van der Waals surface area contributed by atoms with E-state index in [0.717, 1.165) is 36.4 Å². The number of quaternary nitrogens is 1. The van der Waals surface area contributed by atoms with Crippen molar-refractivity contribution in [3.05, 3.63) is 95.3 Å². The summed E-state index contributed by atoms with van der Waals surface area (Å²) in [5, 5.41) is 2.18. The Bertz CT molecular complexity index is 913. The van der Waals surface area contributed by atoms with E-state index < -0.39 is 0 Å². The smallest absolute Gasteiger partial charge is 0.231 e. The quantitative estimate of drug-likeness (QED) is 0.601. The third-order valence-electron chi connectivity index (χ3n) is 5.23. The van der Waals surface area contributed by atoms with Crippen LogP contribution in [-0.4, -0.2) is 13.3 Å². The molecule has 2 N–H and O–H groups in total. The lowest BCUT2D eigenvalue weighted by atomic mass is 9.89. The molecule has 0 radical (unpaired) electrons. The minimum absolute atomic E-state index is 0.129. The molecule has 0 saturated carbocycles. The highest BCUT2D eigenvalue weighted by Gasteiger charge is 2.19. The Hall–Kier alpha value is -2.85. The predicted molar refractivity (Wildman–Crippen MR) is 107 cm³/mol. The zero-order chi connectivity index (χ0) is 19.2. The van der Waals surface area contributed by atoms with Gasteiger partial charge in [-0.25, -0.2) is 4.39 Å². The molecule has 0 aliphatic carbocycles. The molecule has 0 fully saturated rings. The van der Waals surface area contributed by atoms with Crippen molar-refractivity contribution in [1.29, 1.82) is 0 Å². The first kappa shape index (κ1) is 18.5. The van der Waals surface area contributed by atoms with Gasteiger partial charge in [-0.05, 0) is 41.7 Å². The second kappa shape index (κ2) is 8.89. The van der Waals surface area contributed by atoms with Crippen LogP contribution in [0.25, 0.3) is 0 Å². The van der Waals surface area contributed by atoms with Gasteiger partial charge in [0.1, 0.15) is 12.4 Å². The second-order valence-electron chi connectivity index (χ2n) is 7.16. The van der Waals surface area contributed by atoms with Crippen LogP contribution in [0.4, 0.5) is 4.39 Å². The molecule has 0 aromatic heterocycles. The van der Waals surface area contributed by atoms with E-state index in [9.17, 15) is 4.39 Å². The highest BCUT2D eigenvalue weighted by molar-refractivity contribution is 5.45.